The molecule has 1 amide bonds. The number of carbonyl (C=O) groups is 1. The number of aromatic nitrogens is 2. The van der Waals surface area contributed by atoms with Crippen molar-refractivity contribution in [3.8, 4) is 11.5 Å². The molecular formula is C17H15N3O3. The molecule has 4 rings (SSSR count). The van der Waals surface area contributed by atoms with Crippen molar-refractivity contribution >= 4 is 11.7 Å². The van der Waals surface area contributed by atoms with Crippen LogP contribution in [-0.2, 0) is 10.2 Å². The summed E-state index contributed by atoms with van der Waals surface area (Å²) < 4.78 is 10.6. The van der Waals surface area contributed by atoms with Gasteiger partial charge in [-0.3, -0.25) is 4.79 Å². The second-order valence-electron chi connectivity index (χ2n) is 5.81. The highest BCUT2D eigenvalue weighted by Gasteiger charge is 2.54. The topological polar surface area (TPSA) is 81.2 Å². The van der Waals surface area contributed by atoms with Gasteiger partial charge in [0.15, 0.2) is 5.76 Å². The standard InChI is InChI=1S/C17H15N3O3/c1-11-4-7-18-15(9-11)19-16(21)17(5-6-17)14-10-13(23-20-14)12-3-2-8-22-12/h2-4,7-10H,5-6H2,1H3,(H,18,19,21). The number of aryl methyl sites for hydroxylation is 1. The van der Waals surface area contributed by atoms with E-state index >= 15 is 0 Å². The van der Waals surface area contributed by atoms with Gasteiger partial charge in [0.1, 0.15) is 5.82 Å². The fraction of sp³-hybridized carbons (Fsp3) is 0.235. The lowest BCUT2D eigenvalue weighted by molar-refractivity contribution is -0.118. The Hall–Kier alpha value is -2.89. The van der Waals surface area contributed by atoms with Crippen LogP contribution >= 0.6 is 0 Å². The number of rotatable bonds is 4. The van der Waals surface area contributed by atoms with E-state index in [0.717, 1.165) is 18.4 Å². The van der Waals surface area contributed by atoms with E-state index < -0.39 is 5.41 Å². The van der Waals surface area contributed by atoms with Gasteiger partial charge in [0.2, 0.25) is 11.7 Å². The number of nitrogens with one attached hydrogen (secondary N) is 1. The first-order valence-corrected chi connectivity index (χ1v) is 7.43. The zero-order valence-corrected chi connectivity index (χ0v) is 12.6. The molecule has 3 aromatic rings. The molecule has 116 valence electrons. The van der Waals surface area contributed by atoms with Crippen molar-refractivity contribution in [2.45, 2.75) is 25.2 Å². The van der Waals surface area contributed by atoms with Crippen LogP contribution in [0.25, 0.3) is 11.5 Å². The molecule has 1 aliphatic carbocycles. The third-order valence-electron chi connectivity index (χ3n) is 4.11. The zero-order valence-electron chi connectivity index (χ0n) is 12.6. The number of hydrogen-bond donors (Lipinski definition) is 1. The Morgan fingerprint density at radius 2 is 2.13 bits per heavy atom. The fourth-order valence-electron chi connectivity index (χ4n) is 2.60. The molecule has 0 saturated heterocycles. The normalized spacial score (nSPS) is 15.3. The SMILES string of the molecule is Cc1ccnc(NC(=O)C2(c3cc(-c4ccco4)on3)CC2)c1. The van der Waals surface area contributed by atoms with Crippen LogP contribution in [0, 0.1) is 6.92 Å². The van der Waals surface area contributed by atoms with Crippen LogP contribution in [0.2, 0.25) is 0 Å². The highest BCUT2D eigenvalue weighted by atomic mass is 16.5. The quantitative estimate of drug-likeness (QED) is 0.799. The van der Waals surface area contributed by atoms with Gasteiger partial charge in [0.05, 0.1) is 17.4 Å². The molecule has 1 N–H and O–H groups in total. The summed E-state index contributed by atoms with van der Waals surface area (Å²) in [5.74, 6) is 1.57. The lowest BCUT2D eigenvalue weighted by Crippen LogP contribution is -2.28. The first-order valence-electron chi connectivity index (χ1n) is 7.43. The van der Waals surface area contributed by atoms with Gasteiger partial charge in [-0.25, -0.2) is 4.98 Å². The van der Waals surface area contributed by atoms with Crippen LogP contribution in [0.5, 0.6) is 0 Å². The van der Waals surface area contributed by atoms with Gasteiger partial charge in [-0.05, 0) is 49.6 Å². The predicted octanol–water partition coefficient (Wildman–Crippen LogP) is 3.31. The highest BCUT2D eigenvalue weighted by molar-refractivity contribution is 6.00. The van der Waals surface area contributed by atoms with Crippen molar-refractivity contribution in [2.75, 3.05) is 5.32 Å². The van der Waals surface area contributed by atoms with Gasteiger partial charge < -0.3 is 14.3 Å². The second-order valence-corrected chi connectivity index (χ2v) is 5.81. The van der Waals surface area contributed by atoms with E-state index in [1.54, 1.807) is 30.7 Å². The number of hydrogen-bond acceptors (Lipinski definition) is 5. The Morgan fingerprint density at radius 3 is 2.83 bits per heavy atom. The van der Waals surface area contributed by atoms with Gasteiger partial charge in [0, 0.05) is 12.3 Å². The van der Waals surface area contributed by atoms with Gasteiger partial charge in [-0.2, -0.15) is 0 Å². The van der Waals surface area contributed by atoms with Crippen molar-refractivity contribution < 1.29 is 13.7 Å². The molecule has 6 heteroatoms. The van der Waals surface area contributed by atoms with Crippen LogP contribution in [0.4, 0.5) is 5.82 Å². The maximum absolute atomic E-state index is 12.6. The minimum absolute atomic E-state index is 0.102. The molecular weight excluding hydrogens is 294 g/mol. The number of pyridine rings is 1. The highest BCUT2D eigenvalue weighted by Crippen LogP contribution is 2.49. The third kappa shape index (κ3) is 2.42. The number of nitrogens with zero attached hydrogens (tertiary/aromatic N) is 2. The summed E-state index contributed by atoms with van der Waals surface area (Å²) in [6, 6.07) is 9.07. The van der Waals surface area contributed by atoms with E-state index in [9.17, 15) is 4.79 Å². The Morgan fingerprint density at radius 1 is 1.26 bits per heavy atom. The first kappa shape index (κ1) is 13.8. The average Bonchev–Trinajstić information content (AvgIpc) is 2.98. The molecule has 0 aromatic carbocycles. The summed E-state index contributed by atoms with van der Waals surface area (Å²) >= 11 is 0. The number of amides is 1. The van der Waals surface area contributed by atoms with Gasteiger partial charge in [0.25, 0.3) is 0 Å². The molecule has 1 aliphatic rings. The summed E-state index contributed by atoms with van der Waals surface area (Å²) in [6.07, 6.45) is 4.74. The maximum atomic E-state index is 12.6. The van der Waals surface area contributed by atoms with Crippen LogP contribution < -0.4 is 5.32 Å². The third-order valence-corrected chi connectivity index (χ3v) is 4.11. The molecule has 6 nitrogen and oxygen atoms in total. The van der Waals surface area contributed by atoms with Crippen LogP contribution in [0.1, 0.15) is 24.1 Å². The molecule has 0 bridgehead atoms. The van der Waals surface area contributed by atoms with E-state index in [2.05, 4.69) is 15.5 Å². The molecule has 1 saturated carbocycles. The molecule has 23 heavy (non-hydrogen) atoms. The van der Waals surface area contributed by atoms with Crippen molar-refractivity contribution in [1.29, 1.82) is 0 Å². The summed E-state index contributed by atoms with van der Waals surface area (Å²) in [5, 5.41) is 6.94. The lowest BCUT2D eigenvalue weighted by atomic mass is 10.0. The molecule has 0 aliphatic heterocycles. The predicted molar refractivity (Wildman–Crippen MR) is 82.7 cm³/mol. The van der Waals surface area contributed by atoms with E-state index in [0.29, 0.717) is 23.0 Å². The molecule has 3 heterocycles. The van der Waals surface area contributed by atoms with Crippen molar-refractivity contribution in [3.63, 3.8) is 0 Å². The molecule has 0 spiro atoms. The molecule has 3 aromatic heterocycles. The molecule has 0 atom stereocenters. The molecule has 0 unspecified atom stereocenters. The fourth-order valence-corrected chi connectivity index (χ4v) is 2.60. The minimum Gasteiger partial charge on any atom is -0.461 e. The molecule has 0 radical (unpaired) electrons. The van der Waals surface area contributed by atoms with Gasteiger partial charge in [-0.1, -0.05) is 5.16 Å². The largest absolute Gasteiger partial charge is 0.461 e. The van der Waals surface area contributed by atoms with Crippen LogP contribution in [0.15, 0.2) is 51.7 Å². The Balaban J connectivity index is 1.57. The molecule has 1 fully saturated rings. The summed E-state index contributed by atoms with van der Waals surface area (Å²) in [5.41, 5.74) is 1.05. The summed E-state index contributed by atoms with van der Waals surface area (Å²) in [4.78, 5) is 16.8. The van der Waals surface area contributed by atoms with Crippen molar-refractivity contribution in [1.82, 2.24) is 10.1 Å². The summed E-state index contributed by atoms with van der Waals surface area (Å²) in [7, 11) is 0. The van der Waals surface area contributed by atoms with Crippen molar-refractivity contribution in [2.24, 2.45) is 0 Å². The summed E-state index contributed by atoms with van der Waals surface area (Å²) in [6.45, 7) is 1.96. The maximum Gasteiger partial charge on any atom is 0.237 e. The Kier molecular flexibility index (Phi) is 3.04. The zero-order chi connectivity index (χ0) is 15.9. The van der Waals surface area contributed by atoms with E-state index in [4.69, 9.17) is 8.94 Å². The lowest BCUT2D eigenvalue weighted by Gasteiger charge is -2.12. The van der Waals surface area contributed by atoms with Gasteiger partial charge >= 0.3 is 0 Å². The number of furan rings is 1. The number of anilines is 1. The number of carbonyl (C=O) groups excluding carboxylic acids is 1. The van der Waals surface area contributed by atoms with E-state index in [1.165, 1.54) is 0 Å². The van der Waals surface area contributed by atoms with Gasteiger partial charge in [-0.15, -0.1) is 0 Å². The van der Waals surface area contributed by atoms with E-state index in [-0.39, 0.29) is 5.91 Å². The van der Waals surface area contributed by atoms with E-state index in [1.807, 2.05) is 19.1 Å². The smallest absolute Gasteiger partial charge is 0.237 e. The van der Waals surface area contributed by atoms with Crippen LogP contribution in [0.3, 0.4) is 0 Å². The Labute approximate surface area is 132 Å². The average molecular weight is 309 g/mol. The van der Waals surface area contributed by atoms with Crippen molar-refractivity contribution in [3.05, 3.63) is 54.0 Å². The Bertz CT molecular complexity index is 848. The first-order chi connectivity index (χ1) is 11.2. The monoisotopic (exact) mass is 309 g/mol. The second kappa shape index (κ2) is 5.08. The van der Waals surface area contributed by atoms with Crippen LogP contribution in [-0.4, -0.2) is 16.0 Å². The minimum atomic E-state index is -0.625.